The number of piperidine rings is 1. The molecule has 0 aliphatic carbocycles. The summed E-state index contributed by atoms with van der Waals surface area (Å²) in [4.78, 5) is 20.3. The van der Waals surface area contributed by atoms with E-state index in [4.69, 9.17) is 4.98 Å². The number of halogens is 3. The largest absolute Gasteiger partial charge is 0.302 e. The van der Waals surface area contributed by atoms with Gasteiger partial charge in [-0.2, -0.15) is 0 Å². The Morgan fingerprint density at radius 3 is 2.25 bits per heavy atom. The minimum atomic E-state index is -0.209. The molecule has 0 N–H and O–H groups in total. The second-order valence-corrected chi connectivity index (χ2v) is 9.45. The van der Waals surface area contributed by atoms with Gasteiger partial charge in [-0.3, -0.25) is 9.36 Å². The van der Waals surface area contributed by atoms with Crippen LogP contribution in [0.1, 0.15) is 53.9 Å². The van der Waals surface area contributed by atoms with E-state index in [1.807, 2.05) is 29.7 Å². The summed E-state index contributed by atoms with van der Waals surface area (Å²) in [5.74, 6) is 0.748. The zero-order chi connectivity index (χ0) is 23.5. The van der Waals surface area contributed by atoms with E-state index >= 15 is 0 Å². The van der Waals surface area contributed by atoms with Crippen molar-refractivity contribution in [1.29, 1.82) is 0 Å². The quantitative estimate of drug-likeness (QED) is 0.406. The third kappa shape index (κ3) is 6.08. The summed E-state index contributed by atoms with van der Waals surface area (Å²) in [5, 5.41) is 0. The summed E-state index contributed by atoms with van der Waals surface area (Å²) in [7, 11) is 0. The average Bonchev–Trinajstić information content (AvgIpc) is 2.87. The highest BCUT2D eigenvalue weighted by molar-refractivity contribution is 5.85. The normalized spacial score (nSPS) is 15.4. The molecule has 1 aromatic heterocycles. The van der Waals surface area contributed by atoms with E-state index in [-0.39, 0.29) is 36.2 Å². The minimum absolute atomic E-state index is 0. The average molecular weight is 531 g/mol. The second kappa shape index (κ2) is 12.7. The maximum Gasteiger partial charge on any atom is 0.256 e. The van der Waals surface area contributed by atoms with Gasteiger partial charge in [-0.1, -0.05) is 48.0 Å². The van der Waals surface area contributed by atoms with Gasteiger partial charge in [0.25, 0.3) is 5.56 Å². The first-order valence-corrected chi connectivity index (χ1v) is 12.4. The first kappa shape index (κ1) is 28.1. The van der Waals surface area contributed by atoms with Crippen molar-refractivity contribution in [3.05, 3.63) is 105 Å². The van der Waals surface area contributed by atoms with Crippen molar-refractivity contribution in [2.75, 3.05) is 19.6 Å². The Morgan fingerprint density at radius 1 is 0.889 bits per heavy atom. The zero-order valence-electron chi connectivity index (χ0n) is 20.7. The fourth-order valence-corrected chi connectivity index (χ4v) is 5.38. The van der Waals surface area contributed by atoms with E-state index in [2.05, 4.69) is 29.2 Å². The van der Waals surface area contributed by atoms with Crippen molar-refractivity contribution < 1.29 is 4.39 Å². The van der Waals surface area contributed by atoms with Crippen LogP contribution in [0.5, 0.6) is 0 Å². The first-order valence-electron chi connectivity index (χ1n) is 12.4. The zero-order valence-corrected chi connectivity index (χ0v) is 22.3. The lowest BCUT2D eigenvalue weighted by Gasteiger charge is -2.30. The van der Waals surface area contributed by atoms with E-state index in [9.17, 15) is 9.18 Å². The predicted octanol–water partition coefficient (Wildman–Crippen LogP) is 6.01. The molecular weight excluding hydrogens is 496 g/mol. The van der Waals surface area contributed by atoms with E-state index in [1.165, 1.54) is 16.7 Å². The molecule has 1 saturated heterocycles. The van der Waals surface area contributed by atoms with Crippen molar-refractivity contribution in [2.45, 2.75) is 52.0 Å². The molecule has 36 heavy (non-hydrogen) atoms. The number of nitrogens with zero attached hydrogens (tertiary/aromatic N) is 3. The molecule has 4 nitrogen and oxygen atoms in total. The van der Waals surface area contributed by atoms with Crippen LogP contribution >= 0.6 is 24.8 Å². The number of likely N-dealkylation sites (tertiary alicyclic amines) is 1. The predicted molar refractivity (Wildman–Crippen MR) is 149 cm³/mol. The molecule has 0 radical (unpaired) electrons. The number of hydrogen-bond acceptors (Lipinski definition) is 3. The molecule has 0 unspecified atom stereocenters. The molecule has 0 bridgehead atoms. The van der Waals surface area contributed by atoms with Crippen molar-refractivity contribution in [3.8, 4) is 0 Å². The molecule has 5 rings (SSSR count). The van der Waals surface area contributed by atoms with E-state index < -0.39 is 0 Å². The van der Waals surface area contributed by atoms with Crippen LogP contribution in [0.2, 0.25) is 0 Å². The van der Waals surface area contributed by atoms with Gasteiger partial charge in [0.2, 0.25) is 0 Å². The SMILES string of the molecule is Cc1nc2n(c(=O)c1CCN1CCC(=C(c3ccccc3)c3ccc(F)cc3)CC1)CCCC2.Cl.Cl. The lowest BCUT2D eigenvalue weighted by molar-refractivity contribution is 0.259. The van der Waals surface area contributed by atoms with Gasteiger partial charge in [-0.15, -0.1) is 24.8 Å². The molecule has 0 amide bonds. The van der Waals surface area contributed by atoms with Gasteiger partial charge >= 0.3 is 0 Å². The molecule has 192 valence electrons. The van der Waals surface area contributed by atoms with E-state index in [1.54, 1.807) is 12.1 Å². The summed E-state index contributed by atoms with van der Waals surface area (Å²) < 4.78 is 15.5. The third-order valence-electron chi connectivity index (χ3n) is 7.27. The molecule has 2 aromatic carbocycles. The Bertz CT molecular complexity index is 1250. The van der Waals surface area contributed by atoms with E-state index in [0.717, 1.165) is 87.3 Å². The lowest BCUT2D eigenvalue weighted by Crippen LogP contribution is -2.36. The van der Waals surface area contributed by atoms with Gasteiger partial charge in [0, 0.05) is 43.9 Å². The Labute approximate surface area is 225 Å². The number of benzene rings is 2. The van der Waals surface area contributed by atoms with Crippen LogP contribution in [-0.4, -0.2) is 34.1 Å². The molecule has 3 heterocycles. The molecule has 3 aromatic rings. The van der Waals surface area contributed by atoms with Crippen molar-refractivity contribution in [1.82, 2.24) is 14.5 Å². The first-order chi connectivity index (χ1) is 16.6. The molecule has 0 saturated carbocycles. The maximum absolute atomic E-state index is 13.6. The molecular formula is C29H34Cl2FN3O. The Balaban J connectivity index is 0.00000180. The number of rotatable bonds is 5. The number of aromatic nitrogens is 2. The summed E-state index contributed by atoms with van der Waals surface area (Å²) >= 11 is 0. The molecule has 0 atom stereocenters. The lowest BCUT2D eigenvalue weighted by atomic mass is 9.88. The van der Waals surface area contributed by atoms with Crippen LogP contribution in [0, 0.1) is 12.7 Å². The summed E-state index contributed by atoms with van der Waals surface area (Å²) in [6.07, 6.45) is 5.80. The highest BCUT2D eigenvalue weighted by Crippen LogP contribution is 2.32. The number of fused-ring (bicyclic) bond motifs is 1. The summed E-state index contributed by atoms with van der Waals surface area (Å²) in [6, 6.07) is 17.3. The standard InChI is InChI=1S/C29H32FN3O.2ClH/c1-21-26(29(34)33-17-6-5-9-27(33)31-21)16-20-32-18-14-24(15-19-32)28(22-7-3-2-4-8-22)23-10-12-25(30)13-11-23;;/h2-4,7-8,10-13H,5-6,9,14-20H2,1H3;2*1H. The van der Waals surface area contributed by atoms with Crippen LogP contribution in [0.3, 0.4) is 0 Å². The topological polar surface area (TPSA) is 38.1 Å². The highest BCUT2D eigenvalue weighted by atomic mass is 35.5. The van der Waals surface area contributed by atoms with Gasteiger partial charge < -0.3 is 4.90 Å². The summed E-state index contributed by atoms with van der Waals surface area (Å²) in [6.45, 7) is 5.59. The van der Waals surface area contributed by atoms with Crippen LogP contribution in [0.15, 0.2) is 65.0 Å². The van der Waals surface area contributed by atoms with Crippen LogP contribution in [-0.2, 0) is 19.4 Å². The third-order valence-corrected chi connectivity index (χ3v) is 7.27. The second-order valence-electron chi connectivity index (χ2n) is 9.45. The van der Waals surface area contributed by atoms with Gasteiger partial charge in [0.1, 0.15) is 11.6 Å². The monoisotopic (exact) mass is 529 g/mol. The molecule has 7 heteroatoms. The van der Waals surface area contributed by atoms with Gasteiger partial charge in [0.15, 0.2) is 0 Å². The molecule has 1 fully saturated rings. The fourth-order valence-electron chi connectivity index (χ4n) is 5.38. The molecule has 2 aliphatic rings. The fraction of sp³-hybridized carbons (Fsp3) is 0.379. The minimum Gasteiger partial charge on any atom is -0.302 e. The number of aryl methyl sites for hydroxylation is 2. The Hall–Kier alpha value is -2.47. The van der Waals surface area contributed by atoms with E-state index in [0.29, 0.717) is 0 Å². The van der Waals surface area contributed by atoms with Crippen molar-refractivity contribution in [2.24, 2.45) is 0 Å². The van der Waals surface area contributed by atoms with Crippen LogP contribution in [0.4, 0.5) is 4.39 Å². The van der Waals surface area contributed by atoms with Crippen molar-refractivity contribution in [3.63, 3.8) is 0 Å². The van der Waals surface area contributed by atoms with Gasteiger partial charge in [-0.05, 0) is 67.9 Å². The Morgan fingerprint density at radius 2 is 1.56 bits per heavy atom. The highest BCUT2D eigenvalue weighted by Gasteiger charge is 2.21. The Kier molecular flexibility index (Phi) is 9.89. The summed E-state index contributed by atoms with van der Waals surface area (Å²) in [5.41, 5.74) is 6.85. The smallest absolute Gasteiger partial charge is 0.256 e. The van der Waals surface area contributed by atoms with Crippen molar-refractivity contribution >= 4 is 30.4 Å². The van der Waals surface area contributed by atoms with Crippen LogP contribution in [0.25, 0.3) is 5.57 Å². The van der Waals surface area contributed by atoms with Gasteiger partial charge in [0.05, 0.1) is 0 Å². The molecule has 0 spiro atoms. The van der Waals surface area contributed by atoms with Gasteiger partial charge in [-0.25, -0.2) is 9.37 Å². The number of hydrogen-bond donors (Lipinski definition) is 0. The van der Waals surface area contributed by atoms with Crippen LogP contribution < -0.4 is 5.56 Å². The molecule has 2 aliphatic heterocycles. The maximum atomic E-state index is 13.6.